The Labute approximate surface area is 121 Å². The first-order chi connectivity index (χ1) is 9.83. The molecule has 0 aliphatic carbocycles. The zero-order valence-electron chi connectivity index (χ0n) is 11.0. The van der Waals surface area contributed by atoms with E-state index in [4.69, 9.17) is 0 Å². The predicted octanol–water partition coefficient (Wildman–Crippen LogP) is 4.16. The first kappa shape index (κ1) is 12.7. The quantitative estimate of drug-likeness (QED) is 0.722. The summed E-state index contributed by atoms with van der Waals surface area (Å²) < 4.78 is 0. The van der Waals surface area contributed by atoms with Crippen molar-refractivity contribution in [2.75, 3.05) is 0 Å². The smallest absolute Gasteiger partial charge is 0.117 e. The van der Waals surface area contributed by atoms with Crippen LogP contribution in [0.4, 0.5) is 0 Å². The molecule has 0 saturated heterocycles. The van der Waals surface area contributed by atoms with Crippen molar-refractivity contribution >= 4 is 23.0 Å². The van der Waals surface area contributed by atoms with Crippen molar-refractivity contribution in [3.63, 3.8) is 0 Å². The van der Waals surface area contributed by atoms with Gasteiger partial charge in [-0.15, -0.1) is 11.3 Å². The van der Waals surface area contributed by atoms with Gasteiger partial charge in [-0.1, -0.05) is 30.3 Å². The molecule has 98 valence electrons. The molecule has 0 fully saturated rings. The SMILES string of the molecule is C/C(=C/c1nc(-c2ccccc2)cs1)c1cnccn1. The fraction of sp³-hybridized carbons (Fsp3) is 0.0625. The first-order valence-electron chi connectivity index (χ1n) is 6.28. The van der Waals surface area contributed by atoms with Gasteiger partial charge in [-0.05, 0) is 18.6 Å². The lowest BCUT2D eigenvalue weighted by Crippen LogP contribution is -1.86. The highest BCUT2D eigenvalue weighted by atomic mass is 32.1. The molecule has 0 radical (unpaired) electrons. The Morgan fingerprint density at radius 1 is 1.15 bits per heavy atom. The summed E-state index contributed by atoms with van der Waals surface area (Å²) in [6.07, 6.45) is 7.18. The number of rotatable bonds is 3. The molecule has 0 bridgehead atoms. The third kappa shape index (κ3) is 2.81. The summed E-state index contributed by atoms with van der Waals surface area (Å²) in [5, 5.41) is 3.05. The van der Waals surface area contributed by atoms with E-state index >= 15 is 0 Å². The molecule has 0 amide bonds. The highest BCUT2D eigenvalue weighted by molar-refractivity contribution is 7.10. The van der Waals surface area contributed by atoms with Gasteiger partial charge in [-0.2, -0.15) is 0 Å². The van der Waals surface area contributed by atoms with Gasteiger partial charge >= 0.3 is 0 Å². The monoisotopic (exact) mass is 279 g/mol. The minimum atomic E-state index is 0.879. The highest BCUT2D eigenvalue weighted by Gasteiger charge is 2.04. The maximum atomic E-state index is 4.64. The molecule has 0 saturated carbocycles. The molecule has 0 aliphatic rings. The maximum Gasteiger partial charge on any atom is 0.117 e. The molecular formula is C16H13N3S. The van der Waals surface area contributed by atoms with Gasteiger partial charge in [-0.25, -0.2) is 4.98 Å². The first-order valence-corrected chi connectivity index (χ1v) is 7.16. The molecule has 2 aromatic heterocycles. The summed E-state index contributed by atoms with van der Waals surface area (Å²) in [6, 6.07) is 10.2. The molecule has 3 rings (SSSR count). The van der Waals surface area contributed by atoms with Gasteiger partial charge < -0.3 is 0 Å². The maximum absolute atomic E-state index is 4.64. The molecule has 0 unspecified atom stereocenters. The van der Waals surface area contributed by atoms with E-state index in [0.29, 0.717) is 0 Å². The van der Waals surface area contributed by atoms with Gasteiger partial charge in [0.25, 0.3) is 0 Å². The molecule has 1 aromatic carbocycles. The van der Waals surface area contributed by atoms with Crippen molar-refractivity contribution in [2.24, 2.45) is 0 Å². The van der Waals surface area contributed by atoms with Crippen molar-refractivity contribution in [2.45, 2.75) is 6.92 Å². The normalized spacial score (nSPS) is 11.6. The summed E-state index contributed by atoms with van der Waals surface area (Å²) in [6.45, 7) is 2.02. The Hall–Kier alpha value is -2.33. The van der Waals surface area contributed by atoms with Crippen LogP contribution in [0.2, 0.25) is 0 Å². The summed E-state index contributed by atoms with van der Waals surface area (Å²) in [7, 11) is 0. The molecular weight excluding hydrogens is 266 g/mol. The van der Waals surface area contributed by atoms with E-state index < -0.39 is 0 Å². The molecule has 0 N–H and O–H groups in total. The predicted molar refractivity (Wildman–Crippen MR) is 83.1 cm³/mol. The fourth-order valence-corrected chi connectivity index (χ4v) is 2.67. The topological polar surface area (TPSA) is 38.7 Å². The van der Waals surface area contributed by atoms with Gasteiger partial charge in [0.1, 0.15) is 5.01 Å². The fourth-order valence-electron chi connectivity index (χ4n) is 1.86. The molecule has 0 aliphatic heterocycles. The van der Waals surface area contributed by atoms with E-state index in [0.717, 1.165) is 27.5 Å². The van der Waals surface area contributed by atoms with E-state index in [-0.39, 0.29) is 0 Å². The number of hydrogen-bond acceptors (Lipinski definition) is 4. The lowest BCUT2D eigenvalue weighted by molar-refractivity contribution is 1.16. The Morgan fingerprint density at radius 2 is 2.00 bits per heavy atom. The zero-order valence-corrected chi connectivity index (χ0v) is 11.8. The van der Waals surface area contributed by atoms with E-state index in [9.17, 15) is 0 Å². The number of hydrogen-bond donors (Lipinski definition) is 0. The Bertz CT molecular complexity index is 718. The van der Waals surface area contributed by atoms with Crippen LogP contribution in [0.1, 0.15) is 17.6 Å². The van der Waals surface area contributed by atoms with Crippen LogP contribution in [-0.2, 0) is 0 Å². The third-order valence-corrected chi connectivity index (χ3v) is 3.69. The Kier molecular flexibility index (Phi) is 3.65. The second-order valence-electron chi connectivity index (χ2n) is 4.36. The number of benzene rings is 1. The van der Waals surface area contributed by atoms with Crippen LogP contribution in [0.15, 0.2) is 54.3 Å². The minimum Gasteiger partial charge on any atom is -0.261 e. The van der Waals surface area contributed by atoms with Crippen LogP contribution in [-0.4, -0.2) is 15.0 Å². The van der Waals surface area contributed by atoms with Gasteiger partial charge in [0, 0.05) is 23.3 Å². The van der Waals surface area contributed by atoms with Crippen molar-refractivity contribution in [3.05, 3.63) is 65.0 Å². The molecule has 3 nitrogen and oxygen atoms in total. The molecule has 3 aromatic rings. The van der Waals surface area contributed by atoms with Gasteiger partial charge in [0.2, 0.25) is 0 Å². The van der Waals surface area contributed by atoms with Gasteiger partial charge in [0.05, 0.1) is 17.6 Å². The van der Waals surface area contributed by atoms with Crippen LogP contribution in [0.5, 0.6) is 0 Å². The lowest BCUT2D eigenvalue weighted by atomic mass is 10.2. The van der Waals surface area contributed by atoms with Crippen LogP contribution >= 0.6 is 11.3 Å². The molecule has 4 heteroatoms. The van der Waals surface area contributed by atoms with Crippen LogP contribution in [0, 0.1) is 0 Å². The molecule has 0 spiro atoms. The van der Waals surface area contributed by atoms with E-state index in [1.54, 1.807) is 29.9 Å². The average molecular weight is 279 g/mol. The summed E-state index contributed by atoms with van der Waals surface area (Å²) in [5.41, 5.74) is 4.09. The average Bonchev–Trinajstić information content (AvgIpc) is 2.97. The van der Waals surface area contributed by atoms with E-state index in [1.807, 2.05) is 31.2 Å². The summed E-state index contributed by atoms with van der Waals surface area (Å²) in [4.78, 5) is 13.0. The summed E-state index contributed by atoms with van der Waals surface area (Å²) >= 11 is 1.63. The third-order valence-electron chi connectivity index (χ3n) is 2.90. The molecule has 2 heterocycles. The largest absolute Gasteiger partial charge is 0.261 e. The second kappa shape index (κ2) is 5.75. The molecule has 0 atom stereocenters. The van der Waals surface area contributed by atoms with Crippen LogP contribution in [0.3, 0.4) is 0 Å². The Morgan fingerprint density at radius 3 is 2.75 bits per heavy atom. The van der Waals surface area contributed by atoms with E-state index in [1.165, 1.54) is 0 Å². The summed E-state index contributed by atoms with van der Waals surface area (Å²) in [5.74, 6) is 0. The number of thiazole rings is 1. The second-order valence-corrected chi connectivity index (χ2v) is 5.24. The van der Waals surface area contributed by atoms with Crippen LogP contribution < -0.4 is 0 Å². The van der Waals surface area contributed by atoms with Crippen molar-refractivity contribution in [3.8, 4) is 11.3 Å². The van der Waals surface area contributed by atoms with Crippen molar-refractivity contribution < 1.29 is 0 Å². The van der Waals surface area contributed by atoms with Crippen molar-refractivity contribution in [1.29, 1.82) is 0 Å². The number of allylic oxidation sites excluding steroid dienone is 1. The Balaban J connectivity index is 1.88. The number of nitrogens with zero attached hydrogens (tertiary/aromatic N) is 3. The van der Waals surface area contributed by atoms with E-state index in [2.05, 4.69) is 32.5 Å². The van der Waals surface area contributed by atoms with Gasteiger partial charge in [-0.3, -0.25) is 9.97 Å². The minimum absolute atomic E-state index is 0.879. The standard InChI is InChI=1S/C16H13N3S/c1-12(14-10-17-7-8-18-14)9-16-19-15(11-20-16)13-5-3-2-4-6-13/h2-11H,1H3/b12-9-. The van der Waals surface area contributed by atoms with Gasteiger partial charge in [0.15, 0.2) is 0 Å². The number of aromatic nitrogens is 3. The van der Waals surface area contributed by atoms with Crippen molar-refractivity contribution in [1.82, 2.24) is 15.0 Å². The molecule has 20 heavy (non-hydrogen) atoms. The zero-order chi connectivity index (χ0) is 13.8. The highest BCUT2D eigenvalue weighted by Crippen LogP contribution is 2.24. The lowest BCUT2D eigenvalue weighted by Gasteiger charge is -1.97. The van der Waals surface area contributed by atoms with Crippen LogP contribution in [0.25, 0.3) is 22.9 Å².